The van der Waals surface area contributed by atoms with E-state index in [1.165, 1.54) is 7.05 Å². The van der Waals surface area contributed by atoms with Crippen LogP contribution in [0.5, 0.6) is 5.88 Å². The molecule has 4 rings (SSSR count). The summed E-state index contributed by atoms with van der Waals surface area (Å²) in [6.45, 7) is 4.16. The molecule has 4 aromatic rings. The number of hydrogen-bond donors (Lipinski definition) is 3. The molecule has 0 atom stereocenters. The van der Waals surface area contributed by atoms with E-state index in [1.54, 1.807) is 19.1 Å². The van der Waals surface area contributed by atoms with E-state index in [0.29, 0.717) is 28.8 Å². The third-order valence-corrected chi connectivity index (χ3v) is 5.80. The molecule has 0 radical (unpaired) electrons. The van der Waals surface area contributed by atoms with Gasteiger partial charge in [0.15, 0.2) is 11.2 Å². The topological polar surface area (TPSA) is 168 Å². The summed E-state index contributed by atoms with van der Waals surface area (Å²) in [6, 6.07) is 3.28. The third kappa shape index (κ3) is 4.54. The van der Waals surface area contributed by atoms with Gasteiger partial charge in [-0.3, -0.25) is 33.7 Å². The second kappa shape index (κ2) is 9.49. The maximum absolute atomic E-state index is 12.9. The Balaban J connectivity index is 1.77. The largest absolute Gasteiger partial charge is 0.494 e. The molecule has 1 aromatic carbocycles. The first-order chi connectivity index (χ1) is 16.7. The maximum atomic E-state index is 12.9. The van der Waals surface area contributed by atoms with Crippen molar-refractivity contribution in [3.63, 3.8) is 0 Å². The van der Waals surface area contributed by atoms with E-state index >= 15 is 0 Å². The molecule has 3 aromatic heterocycles. The Morgan fingerprint density at radius 2 is 1.77 bits per heavy atom. The number of aromatic nitrogens is 6. The lowest BCUT2D eigenvalue weighted by atomic mass is 10.1. The highest BCUT2D eigenvalue weighted by Crippen LogP contribution is 2.24. The van der Waals surface area contributed by atoms with E-state index < -0.39 is 28.4 Å². The first-order valence-corrected chi connectivity index (χ1v) is 11.2. The zero-order valence-electron chi connectivity index (χ0n) is 19.6. The number of rotatable bonds is 7. The quantitative estimate of drug-likeness (QED) is 0.204. The van der Waals surface area contributed by atoms with Crippen LogP contribution < -0.4 is 22.5 Å². The third-order valence-electron chi connectivity index (χ3n) is 5.80. The number of aromatic amines is 2. The molecule has 0 bridgehead atoms. The number of hydrogen-bond acceptors (Lipinski definition) is 8. The summed E-state index contributed by atoms with van der Waals surface area (Å²) < 4.78 is 2.04. The molecule has 0 aliphatic heterocycles. The first kappa shape index (κ1) is 23.8. The van der Waals surface area contributed by atoms with Crippen LogP contribution >= 0.6 is 0 Å². The van der Waals surface area contributed by atoms with Crippen molar-refractivity contribution >= 4 is 34.1 Å². The fraction of sp³-hybridized carbons (Fsp3) is 0.348. The molecule has 35 heavy (non-hydrogen) atoms. The summed E-state index contributed by atoms with van der Waals surface area (Å²) in [7, 11) is 1.31. The van der Waals surface area contributed by atoms with Crippen LogP contribution in [0.3, 0.4) is 0 Å². The van der Waals surface area contributed by atoms with Gasteiger partial charge in [-0.1, -0.05) is 26.2 Å². The lowest BCUT2D eigenvalue weighted by molar-refractivity contribution is 0.417. The van der Waals surface area contributed by atoms with Crippen LogP contribution in [0.25, 0.3) is 22.2 Å². The molecule has 0 fully saturated rings. The van der Waals surface area contributed by atoms with Crippen LogP contribution in [-0.4, -0.2) is 40.4 Å². The fourth-order valence-corrected chi connectivity index (χ4v) is 3.74. The second-order valence-electron chi connectivity index (χ2n) is 8.31. The van der Waals surface area contributed by atoms with Crippen LogP contribution in [-0.2, 0) is 13.6 Å². The van der Waals surface area contributed by atoms with Gasteiger partial charge in [0.25, 0.3) is 11.1 Å². The van der Waals surface area contributed by atoms with Crippen LogP contribution in [0, 0.1) is 6.92 Å². The molecule has 0 unspecified atom stereocenters. The number of nitrogens with zero attached hydrogens (tertiary/aromatic N) is 5. The van der Waals surface area contributed by atoms with Gasteiger partial charge in [0.2, 0.25) is 5.88 Å². The van der Waals surface area contributed by atoms with Gasteiger partial charge in [0, 0.05) is 19.8 Å². The minimum absolute atomic E-state index is 0.0724. The van der Waals surface area contributed by atoms with Gasteiger partial charge < -0.3 is 5.11 Å². The predicted molar refractivity (Wildman–Crippen MR) is 132 cm³/mol. The van der Waals surface area contributed by atoms with Crippen molar-refractivity contribution in [3.8, 4) is 5.88 Å². The molecule has 182 valence electrons. The van der Waals surface area contributed by atoms with Crippen molar-refractivity contribution in [1.82, 2.24) is 29.1 Å². The molecule has 0 saturated heterocycles. The fourth-order valence-electron chi connectivity index (χ4n) is 3.74. The Labute approximate surface area is 197 Å². The van der Waals surface area contributed by atoms with Crippen molar-refractivity contribution in [2.45, 2.75) is 46.1 Å². The Bertz CT molecular complexity index is 1710. The number of aromatic hydroxyl groups is 1. The summed E-state index contributed by atoms with van der Waals surface area (Å²) in [4.78, 5) is 66.9. The molecule has 0 amide bonds. The summed E-state index contributed by atoms with van der Waals surface area (Å²) in [5, 5.41) is 10.1. The highest BCUT2D eigenvalue weighted by Gasteiger charge is 2.14. The zero-order chi connectivity index (χ0) is 25.3. The van der Waals surface area contributed by atoms with Crippen molar-refractivity contribution in [1.29, 1.82) is 0 Å². The van der Waals surface area contributed by atoms with E-state index in [0.717, 1.165) is 41.0 Å². The summed E-state index contributed by atoms with van der Waals surface area (Å²) in [5.41, 5.74) is -0.667. The molecule has 3 heterocycles. The number of aryl methyl sites for hydroxylation is 1. The Morgan fingerprint density at radius 1 is 1.03 bits per heavy atom. The van der Waals surface area contributed by atoms with Crippen LogP contribution in [0.15, 0.2) is 36.3 Å². The number of H-pyrrole nitrogens is 2. The Kier molecular flexibility index (Phi) is 6.45. The molecule has 3 N–H and O–H groups in total. The Morgan fingerprint density at radius 3 is 2.51 bits per heavy atom. The van der Waals surface area contributed by atoms with Gasteiger partial charge in [-0.2, -0.15) is 0 Å². The standard InChI is InChI=1S/C23H25N7O5/c1-4-5-6-7-8-30-21(33)17-18(27-23(30)35)26-16-10-14(12(2)9-15(16)25-17)24-11-13-19(31)28-22(34)29(3)20(13)32/h9-11,32H,4-8H2,1-3H3,(H,26,27,35)(H,28,31,34). The number of unbranched alkanes of at least 4 members (excludes halogenated alkanes) is 3. The summed E-state index contributed by atoms with van der Waals surface area (Å²) >= 11 is 0. The van der Waals surface area contributed by atoms with Crippen LogP contribution in [0.2, 0.25) is 0 Å². The summed E-state index contributed by atoms with van der Waals surface area (Å²) in [5.74, 6) is -0.518. The lowest BCUT2D eigenvalue weighted by Gasteiger charge is -2.08. The molecular formula is C23H25N7O5. The minimum atomic E-state index is -0.776. The highest BCUT2D eigenvalue weighted by atomic mass is 16.3. The smallest absolute Gasteiger partial charge is 0.330 e. The molecule has 12 nitrogen and oxygen atoms in total. The minimum Gasteiger partial charge on any atom is -0.494 e. The average molecular weight is 479 g/mol. The van der Waals surface area contributed by atoms with E-state index in [9.17, 15) is 24.3 Å². The van der Waals surface area contributed by atoms with Crippen molar-refractivity contribution in [3.05, 3.63) is 64.9 Å². The molecular weight excluding hydrogens is 454 g/mol. The van der Waals surface area contributed by atoms with Crippen LogP contribution in [0.4, 0.5) is 5.69 Å². The maximum Gasteiger partial charge on any atom is 0.330 e. The van der Waals surface area contributed by atoms with E-state index in [1.807, 2.05) is 0 Å². The van der Waals surface area contributed by atoms with Crippen molar-refractivity contribution < 1.29 is 5.11 Å². The molecule has 0 aliphatic rings. The first-order valence-electron chi connectivity index (χ1n) is 11.2. The predicted octanol–water partition coefficient (Wildman–Crippen LogP) is 1.36. The molecule has 0 saturated carbocycles. The van der Waals surface area contributed by atoms with Gasteiger partial charge in [0.1, 0.15) is 5.56 Å². The van der Waals surface area contributed by atoms with Gasteiger partial charge in [-0.15, -0.1) is 0 Å². The summed E-state index contributed by atoms with van der Waals surface area (Å²) in [6.07, 6.45) is 4.88. The van der Waals surface area contributed by atoms with Crippen molar-refractivity contribution in [2.75, 3.05) is 0 Å². The number of aliphatic imine (C=N–C) groups is 1. The Hall–Kier alpha value is -4.35. The van der Waals surface area contributed by atoms with Crippen LogP contribution in [0.1, 0.15) is 43.7 Å². The highest BCUT2D eigenvalue weighted by molar-refractivity contribution is 5.89. The molecule has 12 heteroatoms. The van der Waals surface area contributed by atoms with Gasteiger partial charge in [-0.05, 0) is 31.0 Å². The SMILES string of the molecule is CCCCCCn1c(=O)[nH]c2nc3cc(N=Cc4c(O)n(C)c(=O)[nH]c4=O)c(C)cc3nc2c1=O. The van der Waals surface area contributed by atoms with E-state index in [-0.39, 0.29) is 16.7 Å². The number of nitrogens with one attached hydrogen (secondary N) is 2. The second-order valence-corrected chi connectivity index (χ2v) is 8.31. The monoisotopic (exact) mass is 479 g/mol. The van der Waals surface area contributed by atoms with Gasteiger partial charge in [0.05, 0.1) is 16.7 Å². The van der Waals surface area contributed by atoms with Gasteiger partial charge >= 0.3 is 11.4 Å². The lowest BCUT2D eigenvalue weighted by Crippen LogP contribution is -2.35. The number of benzene rings is 1. The van der Waals surface area contributed by atoms with E-state index in [2.05, 4.69) is 31.9 Å². The van der Waals surface area contributed by atoms with E-state index in [4.69, 9.17) is 0 Å². The average Bonchev–Trinajstić information content (AvgIpc) is 2.81. The van der Waals surface area contributed by atoms with Crippen molar-refractivity contribution in [2.24, 2.45) is 12.0 Å². The zero-order valence-corrected chi connectivity index (χ0v) is 19.6. The normalized spacial score (nSPS) is 11.7. The number of fused-ring (bicyclic) bond motifs is 2. The molecule has 0 spiro atoms. The molecule has 0 aliphatic carbocycles. The van der Waals surface area contributed by atoms with Gasteiger partial charge in [-0.25, -0.2) is 19.6 Å².